The van der Waals surface area contributed by atoms with Crippen LogP contribution in [0.25, 0.3) is 0 Å². The highest BCUT2D eigenvalue weighted by Crippen LogP contribution is 2.22. The fraction of sp³-hybridized carbons (Fsp3) is 0.364. The molecule has 1 unspecified atom stereocenters. The van der Waals surface area contributed by atoms with Crippen LogP contribution in [0, 0.1) is 11.3 Å². The highest BCUT2D eigenvalue weighted by molar-refractivity contribution is 7.89. The van der Waals surface area contributed by atoms with E-state index in [0.29, 0.717) is 17.7 Å². The molecule has 0 spiro atoms. The van der Waals surface area contributed by atoms with Crippen LogP contribution >= 0.6 is 0 Å². The number of benzene rings is 2. The Kier molecular flexibility index (Phi) is 6.87. The molecule has 0 saturated carbocycles. The zero-order chi connectivity index (χ0) is 21.7. The number of ether oxygens (including phenoxy) is 1. The van der Waals surface area contributed by atoms with Crippen LogP contribution in [0.5, 0.6) is 0 Å². The van der Waals surface area contributed by atoms with Gasteiger partial charge in [0.1, 0.15) is 6.04 Å². The summed E-state index contributed by atoms with van der Waals surface area (Å²) in [6.45, 7) is 3.42. The second kappa shape index (κ2) is 9.39. The second-order valence-electron chi connectivity index (χ2n) is 7.36. The normalized spacial score (nSPS) is 15.1. The molecule has 158 valence electrons. The van der Waals surface area contributed by atoms with E-state index in [1.807, 2.05) is 19.2 Å². The maximum absolute atomic E-state index is 13.0. The van der Waals surface area contributed by atoms with Crippen molar-refractivity contribution in [2.24, 2.45) is 0 Å². The van der Waals surface area contributed by atoms with E-state index in [4.69, 9.17) is 10.00 Å². The minimum absolute atomic E-state index is 0.0846. The fourth-order valence-electron chi connectivity index (χ4n) is 3.52. The summed E-state index contributed by atoms with van der Waals surface area (Å²) < 4.78 is 33.7. The van der Waals surface area contributed by atoms with Gasteiger partial charge in [-0.15, -0.1) is 0 Å². The van der Waals surface area contributed by atoms with Crippen LogP contribution in [-0.4, -0.2) is 45.5 Å². The van der Waals surface area contributed by atoms with Crippen LogP contribution in [0.3, 0.4) is 0 Å². The summed E-state index contributed by atoms with van der Waals surface area (Å²) in [7, 11) is -1.95. The summed E-state index contributed by atoms with van der Waals surface area (Å²) in [6.07, 6.45) is 0.960. The molecule has 0 amide bonds. The molecule has 0 aliphatic carbocycles. The first-order chi connectivity index (χ1) is 14.3. The smallest absolute Gasteiger partial charge is 0.324 e. The van der Waals surface area contributed by atoms with E-state index >= 15 is 0 Å². The maximum Gasteiger partial charge on any atom is 0.324 e. The van der Waals surface area contributed by atoms with Gasteiger partial charge >= 0.3 is 5.97 Å². The van der Waals surface area contributed by atoms with E-state index in [9.17, 15) is 13.2 Å². The van der Waals surface area contributed by atoms with Gasteiger partial charge in [0.15, 0.2) is 0 Å². The molecule has 7 nitrogen and oxygen atoms in total. The van der Waals surface area contributed by atoms with Crippen molar-refractivity contribution in [2.45, 2.75) is 37.2 Å². The third-order valence-electron chi connectivity index (χ3n) is 5.06. The highest BCUT2D eigenvalue weighted by atomic mass is 32.2. The lowest BCUT2D eigenvalue weighted by atomic mass is 10.0. The largest absolute Gasteiger partial charge is 0.465 e. The summed E-state index contributed by atoms with van der Waals surface area (Å²) in [5.74, 6) is -0.652. The molecule has 0 aromatic heterocycles. The van der Waals surface area contributed by atoms with Crippen LogP contribution in [-0.2, 0) is 38.9 Å². The number of hydrogen-bond acceptors (Lipinski definition) is 6. The van der Waals surface area contributed by atoms with Gasteiger partial charge in [-0.3, -0.25) is 4.79 Å². The van der Waals surface area contributed by atoms with Crippen molar-refractivity contribution in [1.29, 1.82) is 5.26 Å². The van der Waals surface area contributed by atoms with Gasteiger partial charge in [-0.25, -0.2) is 8.42 Å². The summed E-state index contributed by atoms with van der Waals surface area (Å²) in [4.78, 5) is 14.7. The van der Waals surface area contributed by atoms with Gasteiger partial charge in [0.25, 0.3) is 0 Å². The molecule has 0 saturated heterocycles. The van der Waals surface area contributed by atoms with Crippen molar-refractivity contribution in [3.8, 4) is 6.07 Å². The molecule has 1 heterocycles. The minimum Gasteiger partial charge on any atom is -0.465 e. The summed E-state index contributed by atoms with van der Waals surface area (Å²) in [6, 6.07) is 12.8. The molecule has 1 atom stereocenters. The van der Waals surface area contributed by atoms with Crippen molar-refractivity contribution in [1.82, 2.24) is 9.62 Å². The van der Waals surface area contributed by atoms with Gasteiger partial charge in [0, 0.05) is 13.1 Å². The topological polar surface area (TPSA) is 99.5 Å². The number of sulfonamides is 1. The highest BCUT2D eigenvalue weighted by Gasteiger charge is 2.28. The van der Waals surface area contributed by atoms with E-state index in [0.717, 1.165) is 24.1 Å². The Bertz CT molecular complexity index is 1080. The number of carbonyl (C=O) groups excluding carboxylic acids is 1. The van der Waals surface area contributed by atoms with E-state index in [2.05, 4.69) is 9.62 Å². The number of rotatable bonds is 7. The van der Waals surface area contributed by atoms with E-state index in [1.54, 1.807) is 43.3 Å². The SMILES string of the molecule is CCOC(=O)C(Cc1cccc(C#N)c1)NS(=O)(=O)c1ccc2c(c1)CN(C)CC2. The third kappa shape index (κ3) is 5.25. The van der Waals surface area contributed by atoms with Crippen molar-refractivity contribution in [2.75, 3.05) is 20.2 Å². The molecular weight excluding hydrogens is 402 g/mol. The number of nitrogens with zero attached hydrogens (tertiary/aromatic N) is 2. The second-order valence-corrected chi connectivity index (χ2v) is 9.07. The molecule has 0 radical (unpaired) electrons. The molecule has 8 heteroatoms. The van der Waals surface area contributed by atoms with Crippen molar-refractivity contribution in [3.05, 3.63) is 64.7 Å². The number of fused-ring (bicyclic) bond motifs is 1. The maximum atomic E-state index is 13.0. The van der Waals surface area contributed by atoms with Crippen LogP contribution in [0.2, 0.25) is 0 Å². The molecule has 30 heavy (non-hydrogen) atoms. The Labute approximate surface area is 177 Å². The molecule has 1 aliphatic rings. The molecule has 3 rings (SSSR count). The van der Waals surface area contributed by atoms with Crippen molar-refractivity contribution in [3.63, 3.8) is 0 Å². The third-order valence-corrected chi connectivity index (χ3v) is 6.52. The quantitative estimate of drug-likeness (QED) is 0.679. The summed E-state index contributed by atoms with van der Waals surface area (Å²) in [5.41, 5.74) is 3.22. The number of nitrogens with one attached hydrogen (secondary N) is 1. The first-order valence-electron chi connectivity index (χ1n) is 9.80. The number of carbonyl (C=O) groups is 1. The monoisotopic (exact) mass is 427 g/mol. The minimum atomic E-state index is -3.94. The molecule has 0 fully saturated rings. The Morgan fingerprint density at radius 3 is 2.80 bits per heavy atom. The van der Waals surface area contributed by atoms with E-state index < -0.39 is 22.0 Å². The molecular formula is C22H25N3O4S. The molecule has 1 aliphatic heterocycles. The lowest BCUT2D eigenvalue weighted by Gasteiger charge is -2.25. The standard InChI is InChI=1S/C22H25N3O4S/c1-3-29-22(26)21(12-16-5-4-6-17(11-16)14-23)24-30(27,28)20-8-7-18-9-10-25(2)15-19(18)13-20/h4-8,11,13,21,24H,3,9-10,12,15H2,1-2H3. The predicted molar refractivity (Wildman–Crippen MR) is 112 cm³/mol. The molecule has 1 N–H and O–H groups in total. The Balaban J connectivity index is 1.86. The van der Waals surface area contributed by atoms with Crippen molar-refractivity contribution < 1.29 is 17.9 Å². The van der Waals surface area contributed by atoms with Gasteiger partial charge in [0.2, 0.25) is 10.0 Å². The van der Waals surface area contributed by atoms with Gasteiger partial charge in [-0.1, -0.05) is 18.2 Å². The zero-order valence-electron chi connectivity index (χ0n) is 17.1. The fourth-order valence-corrected chi connectivity index (χ4v) is 4.75. The van der Waals surface area contributed by atoms with E-state index in [1.165, 1.54) is 0 Å². The lowest BCUT2D eigenvalue weighted by molar-refractivity contribution is -0.145. The van der Waals surface area contributed by atoms with Gasteiger partial charge in [0.05, 0.1) is 23.1 Å². The molecule has 0 bridgehead atoms. The molecule has 2 aromatic carbocycles. The number of likely N-dealkylation sites (N-methyl/N-ethyl adjacent to an activating group) is 1. The Morgan fingerprint density at radius 2 is 2.07 bits per heavy atom. The van der Waals surface area contributed by atoms with Gasteiger partial charge < -0.3 is 9.64 Å². The van der Waals surface area contributed by atoms with Crippen LogP contribution in [0.1, 0.15) is 29.2 Å². The predicted octanol–water partition coefficient (Wildman–Crippen LogP) is 2.00. The lowest BCUT2D eigenvalue weighted by Crippen LogP contribution is -2.43. The first-order valence-corrected chi connectivity index (χ1v) is 11.3. The molecule has 2 aromatic rings. The van der Waals surface area contributed by atoms with Crippen LogP contribution in [0.15, 0.2) is 47.4 Å². The Hall–Kier alpha value is -2.73. The van der Waals surface area contributed by atoms with Gasteiger partial charge in [-0.05, 0) is 67.8 Å². The summed E-state index contributed by atoms with van der Waals surface area (Å²) in [5, 5.41) is 9.08. The van der Waals surface area contributed by atoms with Gasteiger partial charge in [-0.2, -0.15) is 9.98 Å². The number of esters is 1. The van der Waals surface area contributed by atoms with Crippen LogP contribution in [0.4, 0.5) is 0 Å². The summed E-state index contributed by atoms with van der Waals surface area (Å²) >= 11 is 0. The number of nitriles is 1. The zero-order valence-corrected chi connectivity index (χ0v) is 17.9. The number of hydrogen-bond donors (Lipinski definition) is 1. The van der Waals surface area contributed by atoms with Crippen molar-refractivity contribution >= 4 is 16.0 Å². The average Bonchev–Trinajstić information content (AvgIpc) is 2.73. The average molecular weight is 428 g/mol. The van der Waals surface area contributed by atoms with E-state index in [-0.39, 0.29) is 17.9 Å². The van der Waals surface area contributed by atoms with Crippen LogP contribution < -0.4 is 4.72 Å². The first kappa shape index (κ1) is 22.0. The Morgan fingerprint density at radius 1 is 1.27 bits per heavy atom.